The van der Waals surface area contributed by atoms with Gasteiger partial charge in [-0.25, -0.2) is 8.42 Å². The van der Waals surface area contributed by atoms with Crippen LogP contribution in [0.15, 0.2) is 89.8 Å². The van der Waals surface area contributed by atoms with Crippen molar-refractivity contribution in [1.82, 2.24) is 4.90 Å². The van der Waals surface area contributed by atoms with Gasteiger partial charge in [0.05, 0.1) is 33.9 Å². The van der Waals surface area contributed by atoms with Crippen molar-refractivity contribution in [2.24, 2.45) is 17.8 Å². The highest BCUT2D eigenvalue weighted by atomic mass is 32.2. The molecule has 3 aliphatic heterocycles. The maximum Gasteiger partial charge on any atom is 0.316 e. The van der Waals surface area contributed by atoms with Gasteiger partial charge in [0.1, 0.15) is 22.0 Å². The first-order chi connectivity index (χ1) is 23.5. The number of nitrogens with zero attached hydrogens (tertiary/aromatic N) is 1. The molecule has 0 saturated carbocycles. The van der Waals surface area contributed by atoms with Gasteiger partial charge in [-0.2, -0.15) is 0 Å². The average molecular weight is 695 g/mol. The van der Waals surface area contributed by atoms with E-state index in [-0.39, 0.29) is 52.2 Å². The Hall–Kier alpha value is -4.19. The van der Waals surface area contributed by atoms with E-state index in [2.05, 4.69) is 24.3 Å². The minimum Gasteiger partial charge on any atom is -0.744 e. The van der Waals surface area contributed by atoms with E-state index in [1.165, 1.54) is 35.0 Å². The molecule has 0 spiro atoms. The Balaban J connectivity index is 1.04. The smallest absolute Gasteiger partial charge is 0.316 e. The van der Waals surface area contributed by atoms with Crippen molar-refractivity contribution in [3.05, 3.63) is 107 Å². The van der Waals surface area contributed by atoms with Crippen molar-refractivity contribution in [3.8, 4) is 5.75 Å². The predicted octanol–water partition coefficient (Wildman–Crippen LogP) is 5.21. The van der Waals surface area contributed by atoms with Crippen LogP contribution in [-0.2, 0) is 29.2 Å². The van der Waals surface area contributed by atoms with E-state index in [0.29, 0.717) is 11.8 Å². The second-order valence-electron chi connectivity index (χ2n) is 14.0. The lowest BCUT2D eigenvalue weighted by atomic mass is 9.59. The number of ether oxygens (including phenoxy) is 2. The van der Waals surface area contributed by atoms with Gasteiger partial charge < -0.3 is 18.9 Å². The number of carbonyl (C=O) groups is 3. The minimum absolute atomic E-state index is 0.0782. The summed E-state index contributed by atoms with van der Waals surface area (Å²) < 4.78 is 48.3. The molecule has 0 N–H and O–H groups in total. The van der Waals surface area contributed by atoms with Gasteiger partial charge in [0, 0.05) is 33.9 Å². The maximum absolute atomic E-state index is 14.4. The molecular weight excluding hydrogens is 663 g/mol. The first-order valence-corrected chi connectivity index (χ1v) is 18.9. The summed E-state index contributed by atoms with van der Waals surface area (Å²) in [5, 5.41) is -0.315. The normalized spacial score (nSPS) is 30.5. The third-order valence-electron chi connectivity index (χ3n) is 11.3. The van der Waals surface area contributed by atoms with E-state index in [1.807, 2.05) is 38.1 Å². The van der Waals surface area contributed by atoms with Gasteiger partial charge in [0.2, 0.25) is 5.91 Å². The molecule has 11 heteroatoms. The van der Waals surface area contributed by atoms with Crippen LogP contribution in [0.3, 0.4) is 0 Å². The third-order valence-corrected chi connectivity index (χ3v) is 13.9. The van der Waals surface area contributed by atoms with Gasteiger partial charge in [0.25, 0.3) is 0 Å². The molecule has 49 heavy (non-hydrogen) atoms. The van der Waals surface area contributed by atoms with Crippen LogP contribution in [0.25, 0.3) is 10.8 Å². The topological polar surface area (TPSA) is 130 Å². The molecule has 4 aromatic carbocycles. The number of esters is 2. The molecule has 4 bridgehead atoms. The molecule has 3 saturated heterocycles. The summed E-state index contributed by atoms with van der Waals surface area (Å²) in [7, 11) is -4.78. The summed E-state index contributed by atoms with van der Waals surface area (Å²) in [4.78, 5) is 43.9. The van der Waals surface area contributed by atoms with Gasteiger partial charge in [0.15, 0.2) is 0 Å². The second kappa shape index (κ2) is 10.9. The Kier molecular flexibility index (Phi) is 6.86. The molecule has 1 amide bonds. The number of carbonyl (C=O) groups excluding carboxylic acids is 3. The van der Waals surface area contributed by atoms with Crippen molar-refractivity contribution in [2.45, 2.75) is 65.7 Å². The molecule has 6 aliphatic rings. The highest BCUT2D eigenvalue weighted by Crippen LogP contribution is 2.61. The molecule has 3 aliphatic carbocycles. The van der Waals surface area contributed by atoms with Crippen LogP contribution < -0.4 is 4.74 Å². The van der Waals surface area contributed by atoms with Crippen molar-refractivity contribution < 1.29 is 36.8 Å². The fourth-order valence-corrected chi connectivity index (χ4v) is 12.2. The number of likely N-dealkylation sites (tertiary alicyclic amines) is 1. The summed E-state index contributed by atoms with van der Waals surface area (Å²) in [6.07, 6.45) is -0.0833. The van der Waals surface area contributed by atoms with Crippen molar-refractivity contribution in [1.29, 1.82) is 0 Å². The second-order valence-corrected chi connectivity index (χ2v) is 16.7. The average Bonchev–Trinajstić information content (AvgIpc) is 3.71. The van der Waals surface area contributed by atoms with Crippen LogP contribution in [0.5, 0.6) is 5.75 Å². The molecule has 7 atom stereocenters. The van der Waals surface area contributed by atoms with E-state index in [0.717, 1.165) is 17.2 Å². The molecule has 250 valence electrons. The monoisotopic (exact) mass is 694 g/mol. The molecule has 3 fully saturated rings. The third kappa shape index (κ3) is 4.41. The summed E-state index contributed by atoms with van der Waals surface area (Å²) >= 11 is 1.52. The van der Waals surface area contributed by atoms with Crippen LogP contribution in [0, 0.1) is 17.8 Å². The van der Waals surface area contributed by atoms with Crippen LogP contribution in [0.1, 0.15) is 54.4 Å². The quantitative estimate of drug-likeness (QED) is 0.152. The lowest BCUT2D eigenvalue weighted by Crippen LogP contribution is -2.52. The number of hydrogen-bond acceptors (Lipinski definition) is 9. The van der Waals surface area contributed by atoms with Gasteiger partial charge in [-0.3, -0.25) is 14.4 Å². The van der Waals surface area contributed by atoms with E-state index < -0.39 is 50.1 Å². The lowest BCUT2D eigenvalue weighted by molar-refractivity contribution is -0.161. The van der Waals surface area contributed by atoms with E-state index in [9.17, 15) is 27.4 Å². The Morgan fingerprint density at radius 2 is 1.45 bits per heavy atom. The zero-order valence-electron chi connectivity index (χ0n) is 26.6. The first-order valence-electron chi connectivity index (χ1n) is 16.6. The van der Waals surface area contributed by atoms with Crippen LogP contribution in [0.2, 0.25) is 0 Å². The Bertz CT molecular complexity index is 2150. The molecule has 3 heterocycles. The fourth-order valence-electron chi connectivity index (χ4n) is 9.48. The number of hydrogen-bond donors (Lipinski definition) is 0. The van der Waals surface area contributed by atoms with Crippen LogP contribution in [-0.4, -0.2) is 64.4 Å². The Morgan fingerprint density at radius 3 is 2.08 bits per heavy atom. The van der Waals surface area contributed by atoms with Gasteiger partial charge in [-0.15, -0.1) is 11.8 Å². The zero-order chi connectivity index (χ0) is 33.9. The molecule has 0 aromatic heterocycles. The molecule has 7 unspecified atom stereocenters. The van der Waals surface area contributed by atoms with Crippen molar-refractivity contribution in [3.63, 3.8) is 0 Å². The van der Waals surface area contributed by atoms with E-state index in [1.54, 1.807) is 23.1 Å². The Morgan fingerprint density at radius 1 is 0.837 bits per heavy atom. The summed E-state index contributed by atoms with van der Waals surface area (Å²) in [6.45, 7) is 3.86. The minimum atomic E-state index is -4.78. The van der Waals surface area contributed by atoms with E-state index >= 15 is 0 Å². The summed E-state index contributed by atoms with van der Waals surface area (Å²) in [5.74, 6) is -3.03. The molecule has 9 nitrogen and oxygen atoms in total. The summed E-state index contributed by atoms with van der Waals surface area (Å²) in [6, 6.07) is 24.8. The fraction of sp³-hybridized carbons (Fsp3) is 0.342. The lowest BCUT2D eigenvalue weighted by Gasteiger charge is -2.45. The SMILES string of the molecule is CC(C)N1C(=O)C2C3SC(C(OC(=O)C4CC5c6ccccc6C4c4ccccc45)C31)C2C(=O)Oc1ccc(S(=O)(=O)[O-])c2ccccc12. The number of benzene rings is 4. The van der Waals surface area contributed by atoms with Gasteiger partial charge in [-0.1, -0.05) is 72.8 Å². The van der Waals surface area contributed by atoms with Gasteiger partial charge in [-0.05, 0) is 54.7 Å². The number of rotatable bonds is 6. The highest BCUT2D eigenvalue weighted by molar-refractivity contribution is 8.01. The van der Waals surface area contributed by atoms with Crippen molar-refractivity contribution >= 4 is 50.5 Å². The van der Waals surface area contributed by atoms with Crippen LogP contribution >= 0.6 is 11.8 Å². The molecule has 4 aromatic rings. The molecule has 0 radical (unpaired) electrons. The standard InChI is InChI=1S/C38H33NO8S2/c1-18(2)39-32-33(47-37(41)26-17-25-19-9-3-7-13-23(19)29(26)24-14-8-4-10-20(24)25)35-31(30(36(39)40)34(32)48-35)38(42)46-27-15-16-28(49(43,44)45)22-12-6-5-11-21(22)27/h3-16,18,25-26,29-35H,17H2,1-2H3,(H,43,44,45)/p-1. The summed E-state index contributed by atoms with van der Waals surface area (Å²) in [5.41, 5.74) is 4.78. The van der Waals surface area contributed by atoms with E-state index in [4.69, 9.17) is 9.47 Å². The van der Waals surface area contributed by atoms with Gasteiger partial charge >= 0.3 is 11.9 Å². The number of thioether (sulfide) groups is 1. The molecular formula is C38H32NO8S2-. The Labute approximate surface area is 287 Å². The largest absolute Gasteiger partial charge is 0.744 e. The maximum atomic E-state index is 14.4. The van der Waals surface area contributed by atoms with Crippen molar-refractivity contribution in [2.75, 3.05) is 0 Å². The highest BCUT2D eigenvalue weighted by Gasteiger charge is 2.72. The predicted molar refractivity (Wildman–Crippen MR) is 180 cm³/mol. The first kappa shape index (κ1) is 30.8. The zero-order valence-corrected chi connectivity index (χ0v) is 28.2. The van der Waals surface area contributed by atoms with Crippen LogP contribution in [0.4, 0.5) is 0 Å². The number of fused-ring (bicyclic) bond motifs is 3. The number of amides is 1. The molecule has 10 rings (SSSR count).